The van der Waals surface area contributed by atoms with Crippen LogP contribution in [0.15, 0.2) is 0 Å². The molecule has 0 bridgehead atoms. The van der Waals surface area contributed by atoms with E-state index < -0.39 is 16.3 Å². The van der Waals surface area contributed by atoms with Crippen molar-refractivity contribution in [2.24, 2.45) is 0 Å². The van der Waals surface area contributed by atoms with Gasteiger partial charge in [0, 0.05) is 18.9 Å². The fraction of sp³-hybridized carbons (Fsp3) is 0.900. The number of rotatable bonds is 8. The molecule has 0 unspecified atom stereocenters. The minimum absolute atomic E-state index is 0.357. The van der Waals surface area contributed by atoms with Crippen LogP contribution in [0.3, 0.4) is 0 Å². The number of ether oxygens (including phenoxy) is 1. The highest BCUT2D eigenvalue weighted by Crippen LogP contribution is 2.03. The van der Waals surface area contributed by atoms with Gasteiger partial charge >= 0.3 is 16.3 Å². The van der Waals surface area contributed by atoms with Gasteiger partial charge in [0.25, 0.3) is 0 Å². The molecule has 0 aromatic heterocycles. The summed E-state index contributed by atoms with van der Waals surface area (Å²) in [4.78, 5) is 11.2. The molecular formula is C10H21BrN2O4S. The summed E-state index contributed by atoms with van der Waals surface area (Å²) in [7, 11) is -2.37. The molecule has 0 heterocycles. The third-order valence-corrected chi connectivity index (χ3v) is 4.06. The van der Waals surface area contributed by atoms with Crippen LogP contribution >= 0.6 is 15.9 Å². The Morgan fingerprint density at radius 2 is 1.94 bits per heavy atom. The Labute approximate surface area is 117 Å². The van der Waals surface area contributed by atoms with Crippen LogP contribution in [0.1, 0.15) is 33.1 Å². The van der Waals surface area contributed by atoms with Crippen molar-refractivity contribution in [2.45, 2.75) is 39.2 Å². The lowest BCUT2D eigenvalue weighted by Crippen LogP contribution is -2.42. The first kappa shape index (κ1) is 17.7. The second kappa shape index (κ2) is 8.71. The number of amides is 1. The van der Waals surface area contributed by atoms with E-state index in [1.165, 1.54) is 7.05 Å². The highest BCUT2D eigenvalue weighted by molar-refractivity contribution is 9.09. The molecule has 108 valence electrons. The van der Waals surface area contributed by atoms with Crippen molar-refractivity contribution >= 4 is 32.2 Å². The van der Waals surface area contributed by atoms with Crippen LogP contribution in [-0.4, -0.2) is 43.8 Å². The Hall–Kier alpha value is -0.340. The van der Waals surface area contributed by atoms with E-state index in [2.05, 4.69) is 15.9 Å². The van der Waals surface area contributed by atoms with Gasteiger partial charge < -0.3 is 4.74 Å². The van der Waals surface area contributed by atoms with E-state index in [9.17, 15) is 13.2 Å². The lowest BCUT2D eigenvalue weighted by atomic mass is 10.2. The van der Waals surface area contributed by atoms with Crippen LogP contribution in [0.4, 0.5) is 4.79 Å². The number of carbonyl (C=O) groups excluding carboxylic acids is 1. The Kier molecular flexibility index (Phi) is 8.54. The molecule has 0 aliphatic rings. The first-order valence-corrected chi connectivity index (χ1v) is 8.36. The molecule has 18 heavy (non-hydrogen) atoms. The molecule has 0 atom stereocenters. The Morgan fingerprint density at radius 3 is 2.44 bits per heavy atom. The maximum atomic E-state index is 11.7. The van der Waals surface area contributed by atoms with Crippen LogP contribution in [-0.2, 0) is 14.9 Å². The van der Waals surface area contributed by atoms with Gasteiger partial charge in [-0.25, -0.2) is 9.52 Å². The first-order chi connectivity index (χ1) is 8.29. The molecule has 8 heteroatoms. The van der Waals surface area contributed by atoms with Crippen molar-refractivity contribution in [1.29, 1.82) is 0 Å². The number of alkyl halides is 1. The van der Waals surface area contributed by atoms with E-state index in [0.717, 1.165) is 28.9 Å². The number of nitrogens with one attached hydrogen (secondary N) is 1. The van der Waals surface area contributed by atoms with E-state index in [1.54, 1.807) is 13.8 Å². The van der Waals surface area contributed by atoms with Gasteiger partial charge in [-0.15, -0.1) is 0 Å². The Bertz CT molecular complexity index is 346. The quantitative estimate of drug-likeness (QED) is 0.538. The molecule has 1 amide bonds. The van der Waals surface area contributed by atoms with Crippen molar-refractivity contribution in [3.63, 3.8) is 0 Å². The van der Waals surface area contributed by atoms with Crippen LogP contribution < -0.4 is 4.72 Å². The summed E-state index contributed by atoms with van der Waals surface area (Å²) in [5, 5.41) is 0.905. The number of nitrogens with zero attached hydrogens (tertiary/aromatic N) is 1. The molecule has 1 N–H and O–H groups in total. The molecule has 0 aromatic carbocycles. The summed E-state index contributed by atoms with van der Waals surface area (Å²) in [5.41, 5.74) is 0. The number of unbranched alkanes of at least 4 members (excludes halogenated alkanes) is 2. The molecule has 0 radical (unpaired) electrons. The van der Waals surface area contributed by atoms with Crippen molar-refractivity contribution < 1.29 is 17.9 Å². The predicted octanol–water partition coefficient (Wildman–Crippen LogP) is 1.86. The van der Waals surface area contributed by atoms with Gasteiger partial charge in [-0.3, -0.25) is 0 Å². The smallest absolute Gasteiger partial charge is 0.422 e. The van der Waals surface area contributed by atoms with Gasteiger partial charge in [0.05, 0.1) is 6.10 Å². The maximum Gasteiger partial charge on any atom is 0.422 e. The van der Waals surface area contributed by atoms with E-state index in [1.807, 2.05) is 4.72 Å². The zero-order valence-electron chi connectivity index (χ0n) is 11.0. The van der Waals surface area contributed by atoms with Crippen LogP contribution in [0, 0.1) is 0 Å². The zero-order valence-corrected chi connectivity index (χ0v) is 13.4. The Morgan fingerprint density at radius 1 is 1.33 bits per heavy atom. The number of hydrogen-bond acceptors (Lipinski definition) is 4. The minimum atomic E-state index is -3.80. The zero-order chi connectivity index (χ0) is 14.2. The number of halogens is 1. The van der Waals surface area contributed by atoms with Crippen molar-refractivity contribution in [1.82, 2.24) is 9.03 Å². The lowest BCUT2D eigenvalue weighted by molar-refractivity contribution is 0.121. The molecule has 0 aromatic rings. The predicted molar refractivity (Wildman–Crippen MR) is 73.9 cm³/mol. The molecule has 0 spiro atoms. The van der Waals surface area contributed by atoms with E-state index >= 15 is 0 Å². The second-order valence-electron chi connectivity index (χ2n) is 4.13. The van der Waals surface area contributed by atoms with E-state index in [4.69, 9.17) is 4.74 Å². The summed E-state index contributed by atoms with van der Waals surface area (Å²) in [5.74, 6) is 0. The van der Waals surface area contributed by atoms with Crippen LogP contribution in [0.25, 0.3) is 0 Å². The van der Waals surface area contributed by atoms with Crippen molar-refractivity contribution in [3.8, 4) is 0 Å². The molecule has 0 fully saturated rings. The third kappa shape index (κ3) is 7.88. The molecule has 0 rings (SSSR count). The fourth-order valence-corrected chi connectivity index (χ4v) is 2.33. The average Bonchev–Trinajstić information content (AvgIpc) is 2.21. The fourth-order valence-electron chi connectivity index (χ4n) is 1.15. The molecule has 0 aliphatic heterocycles. The summed E-state index contributed by atoms with van der Waals surface area (Å²) in [6.07, 6.45) is 1.38. The van der Waals surface area contributed by atoms with Gasteiger partial charge in [0.15, 0.2) is 0 Å². The van der Waals surface area contributed by atoms with Gasteiger partial charge in [-0.1, -0.05) is 22.4 Å². The first-order valence-electron chi connectivity index (χ1n) is 5.80. The summed E-state index contributed by atoms with van der Waals surface area (Å²) >= 11 is 3.31. The summed E-state index contributed by atoms with van der Waals surface area (Å²) < 4.78 is 31.1. The Balaban J connectivity index is 4.15. The van der Waals surface area contributed by atoms with Crippen LogP contribution in [0.2, 0.25) is 0 Å². The summed E-state index contributed by atoms with van der Waals surface area (Å²) in [6, 6.07) is 0. The van der Waals surface area contributed by atoms with Crippen LogP contribution in [0.5, 0.6) is 0 Å². The monoisotopic (exact) mass is 344 g/mol. The van der Waals surface area contributed by atoms with E-state index in [-0.39, 0.29) is 6.10 Å². The van der Waals surface area contributed by atoms with Gasteiger partial charge in [0.2, 0.25) is 0 Å². The summed E-state index contributed by atoms with van der Waals surface area (Å²) in [6.45, 7) is 3.67. The van der Waals surface area contributed by atoms with Crippen molar-refractivity contribution in [3.05, 3.63) is 0 Å². The molecule has 0 saturated carbocycles. The van der Waals surface area contributed by atoms with E-state index in [0.29, 0.717) is 6.54 Å². The molecule has 6 nitrogen and oxygen atoms in total. The molecule has 0 saturated heterocycles. The third-order valence-electron chi connectivity index (χ3n) is 2.07. The van der Waals surface area contributed by atoms with Crippen molar-refractivity contribution in [2.75, 3.05) is 18.9 Å². The van der Waals surface area contributed by atoms with Gasteiger partial charge in [-0.2, -0.15) is 12.7 Å². The minimum Gasteiger partial charge on any atom is -0.446 e. The highest BCUT2D eigenvalue weighted by Gasteiger charge is 2.21. The topological polar surface area (TPSA) is 75.7 Å². The van der Waals surface area contributed by atoms with Gasteiger partial charge in [-0.05, 0) is 26.7 Å². The SMILES string of the molecule is CC(C)OC(=O)NS(=O)(=O)N(C)CCCCCBr. The number of hydrogen-bond donors (Lipinski definition) is 1. The molecular weight excluding hydrogens is 324 g/mol. The average molecular weight is 345 g/mol. The largest absolute Gasteiger partial charge is 0.446 e. The lowest BCUT2D eigenvalue weighted by Gasteiger charge is -2.17. The normalized spacial score (nSPS) is 11.9. The standard InChI is InChI=1S/C10H21BrN2O4S/c1-9(2)17-10(14)12-18(15,16)13(3)8-6-4-5-7-11/h9H,4-8H2,1-3H3,(H,12,14). The second-order valence-corrected chi connectivity index (χ2v) is 6.70. The van der Waals surface area contributed by atoms with Gasteiger partial charge in [0.1, 0.15) is 0 Å². The molecule has 0 aliphatic carbocycles. The highest BCUT2D eigenvalue weighted by atomic mass is 79.9. The maximum absolute atomic E-state index is 11.7. The number of carbonyl (C=O) groups is 1.